The van der Waals surface area contributed by atoms with Gasteiger partial charge in [0.25, 0.3) is 0 Å². The van der Waals surface area contributed by atoms with Crippen LogP contribution >= 0.6 is 0 Å². The summed E-state index contributed by atoms with van der Waals surface area (Å²) >= 11 is 0. The third-order valence-corrected chi connectivity index (χ3v) is 5.19. The molecule has 1 aliphatic carbocycles. The summed E-state index contributed by atoms with van der Waals surface area (Å²) in [6.45, 7) is 2.03. The van der Waals surface area contributed by atoms with E-state index in [4.69, 9.17) is 4.74 Å². The van der Waals surface area contributed by atoms with Gasteiger partial charge in [0.1, 0.15) is 0 Å². The molecular weight excluding hydrogens is 288 g/mol. The molecule has 2 aliphatic rings. The van der Waals surface area contributed by atoms with Gasteiger partial charge in [-0.15, -0.1) is 0 Å². The lowest BCUT2D eigenvalue weighted by molar-refractivity contribution is -0.120. The Morgan fingerprint density at radius 2 is 1.83 bits per heavy atom. The molecule has 0 radical (unpaired) electrons. The Kier molecular flexibility index (Phi) is 5.55. The summed E-state index contributed by atoms with van der Waals surface area (Å²) in [5.41, 5.74) is 2.12. The number of anilines is 2. The number of hydrogen-bond donors (Lipinski definition) is 1. The van der Waals surface area contributed by atoms with Gasteiger partial charge in [0.2, 0.25) is 5.91 Å². The average Bonchev–Trinajstić information content (AvgIpc) is 2.63. The average molecular weight is 316 g/mol. The van der Waals surface area contributed by atoms with Crippen molar-refractivity contribution in [3.63, 3.8) is 0 Å². The highest BCUT2D eigenvalue weighted by molar-refractivity contribution is 5.92. The van der Waals surface area contributed by atoms with Crippen molar-refractivity contribution in [2.24, 2.45) is 5.92 Å². The third kappa shape index (κ3) is 4.25. The van der Waals surface area contributed by atoms with Crippen molar-refractivity contribution in [1.29, 1.82) is 0 Å². The van der Waals surface area contributed by atoms with Crippen LogP contribution in [0.4, 0.5) is 11.4 Å². The fourth-order valence-corrected chi connectivity index (χ4v) is 3.73. The smallest absolute Gasteiger partial charge is 0.227 e. The van der Waals surface area contributed by atoms with Crippen LogP contribution in [0.1, 0.15) is 44.9 Å². The van der Waals surface area contributed by atoms with Crippen LogP contribution in [0.5, 0.6) is 0 Å². The number of amides is 1. The number of ether oxygens (including phenoxy) is 1. The Morgan fingerprint density at radius 3 is 2.52 bits per heavy atom. The predicted octanol–water partition coefficient (Wildman–Crippen LogP) is 3.82. The molecule has 1 aromatic rings. The van der Waals surface area contributed by atoms with Crippen LogP contribution in [-0.4, -0.2) is 32.2 Å². The van der Waals surface area contributed by atoms with Gasteiger partial charge in [0.05, 0.1) is 6.10 Å². The zero-order valence-electron chi connectivity index (χ0n) is 14.1. The Labute approximate surface area is 139 Å². The van der Waals surface area contributed by atoms with Crippen molar-refractivity contribution in [2.75, 3.05) is 30.4 Å². The second-order valence-corrected chi connectivity index (χ2v) is 6.82. The van der Waals surface area contributed by atoms with Crippen molar-refractivity contribution in [1.82, 2.24) is 0 Å². The van der Waals surface area contributed by atoms with E-state index < -0.39 is 0 Å². The highest BCUT2D eigenvalue weighted by Crippen LogP contribution is 2.26. The number of nitrogens with one attached hydrogen (secondary N) is 1. The van der Waals surface area contributed by atoms with Crippen LogP contribution in [0.2, 0.25) is 0 Å². The van der Waals surface area contributed by atoms with Crippen LogP contribution in [0.3, 0.4) is 0 Å². The number of methoxy groups -OCH3 is 1. The van der Waals surface area contributed by atoms with Gasteiger partial charge in [-0.2, -0.15) is 0 Å². The molecule has 1 saturated heterocycles. The lowest BCUT2D eigenvalue weighted by Gasteiger charge is -2.33. The van der Waals surface area contributed by atoms with Gasteiger partial charge in [0.15, 0.2) is 0 Å². The first-order valence-corrected chi connectivity index (χ1v) is 8.95. The second-order valence-electron chi connectivity index (χ2n) is 6.82. The first-order valence-electron chi connectivity index (χ1n) is 8.95. The molecule has 1 atom stereocenters. The van der Waals surface area contributed by atoms with Crippen LogP contribution in [0.15, 0.2) is 24.3 Å². The number of rotatable bonds is 4. The van der Waals surface area contributed by atoms with Gasteiger partial charge >= 0.3 is 0 Å². The fraction of sp³-hybridized carbons (Fsp3) is 0.632. The topological polar surface area (TPSA) is 41.6 Å². The minimum absolute atomic E-state index is 0.190. The molecule has 1 aliphatic heterocycles. The van der Waals surface area contributed by atoms with Gasteiger partial charge in [-0.25, -0.2) is 0 Å². The number of hydrogen-bond acceptors (Lipinski definition) is 3. The summed E-state index contributed by atoms with van der Waals surface area (Å²) in [6.07, 6.45) is 8.36. The van der Waals surface area contributed by atoms with Gasteiger partial charge in [0, 0.05) is 37.5 Å². The normalized spacial score (nSPS) is 22.8. The van der Waals surface area contributed by atoms with E-state index in [9.17, 15) is 4.79 Å². The molecule has 3 rings (SSSR count). The van der Waals surface area contributed by atoms with E-state index in [-0.39, 0.29) is 11.8 Å². The molecule has 1 N–H and O–H groups in total. The minimum Gasteiger partial charge on any atom is -0.380 e. The van der Waals surface area contributed by atoms with Crippen molar-refractivity contribution in [3.05, 3.63) is 24.3 Å². The molecule has 1 heterocycles. The molecule has 126 valence electrons. The van der Waals surface area contributed by atoms with E-state index >= 15 is 0 Å². The molecule has 4 heteroatoms. The maximum atomic E-state index is 12.3. The molecule has 2 fully saturated rings. The van der Waals surface area contributed by atoms with Crippen molar-refractivity contribution >= 4 is 17.3 Å². The van der Waals surface area contributed by atoms with E-state index in [2.05, 4.69) is 22.3 Å². The molecule has 23 heavy (non-hydrogen) atoms. The maximum Gasteiger partial charge on any atom is 0.227 e. The molecule has 1 unspecified atom stereocenters. The molecule has 0 aromatic heterocycles. The first kappa shape index (κ1) is 16.3. The molecule has 1 amide bonds. The van der Waals surface area contributed by atoms with E-state index in [1.54, 1.807) is 7.11 Å². The SMILES string of the molecule is COC1CCCN(c2ccc(NC(=O)C3CCCCC3)cc2)C1. The summed E-state index contributed by atoms with van der Waals surface area (Å²) in [5.74, 6) is 0.392. The predicted molar refractivity (Wildman–Crippen MR) is 93.9 cm³/mol. The minimum atomic E-state index is 0.190. The maximum absolute atomic E-state index is 12.3. The summed E-state index contributed by atoms with van der Waals surface area (Å²) < 4.78 is 5.49. The standard InChI is InChI=1S/C19H28N2O2/c1-23-18-8-5-13-21(14-18)17-11-9-16(10-12-17)20-19(22)15-6-3-2-4-7-15/h9-12,15,18H,2-8,13-14H2,1H3,(H,20,22). The third-order valence-electron chi connectivity index (χ3n) is 5.19. The Balaban J connectivity index is 1.57. The molecule has 0 bridgehead atoms. The molecule has 1 aromatic carbocycles. The van der Waals surface area contributed by atoms with Gasteiger partial charge in [-0.1, -0.05) is 19.3 Å². The van der Waals surface area contributed by atoms with Gasteiger partial charge in [-0.3, -0.25) is 4.79 Å². The number of carbonyl (C=O) groups is 1. The van der Waals surface area contributed by atoms with E-state index in [0.717, 1.165) is 38.0 Å². The molecular formula is C19H28N2O2. The zero-order chi connectivity index (χ0) is 16.1. The second kappa shape index (κ2) is 7.82. The summed E-state index contributed by atoms with van der Waals surface area (Å²) in [7, 11) is 1.79. The monoisotopic (exact) mass is 316 g/mol. The van der Waals surface area contributed by atoms with E-state index in [0.29, 0.717) is 6.10 Å². The number of carbonyl (C=O) groups excluding carboxylic acids is 1. The number of benzene rings is 1. The van der Waals surface area contributed by atoms with Crippen LogP contribution in [-0.2, 0) is 9.53 Å². The van der Waals surface area contributed by atoms with E-state index in [1.807, 2.05) is 12.1 Å². The number of nitrogens with zero attached hydrogens (tertiary/aromatic N) is 1. The highest BCUT2D eigenvalue weighted by atomic mass is 16.5. The summed E-state index contributed by atoms with van der Waals surface area (Å²) in [4.78, 5) is 14.7. The summed E-state index contributed by atoms with van der Waals surface area (Å²) in [5, 5.41) is 3.08. The Hall–Kier alpha value is -1.55. The zero-order valence-corrected chi connectivity index (χ0v) is 14.1. The Morgan fingerprint density at radius 1 is 1.09 bits per heavy atom. The van der Waals surface area contributed by atoms with Crippen molar-refractivity contribution in [3.8, 4) is 0 Å². The van der Waals surface area contributed by atoms with Crippen LogP contribution in [0, 0.1) is 5.92 Å². The number of piperidine rings is 1. The van der Waals surface area contributed by atoms with E-state index in [1.165, 1.54) is 31.4 Å². The summed E-state index contributed by atoms with van der Waals surface area (Å²) in [6, 6.07) is 8.25. The van der Waals surface area contributed by atoms with Crippen LogP contribution < -0.4 is 10.2 Å². The Bertz CT molecular complexity index is 509. The lowest BCUT2D eigenvalue weighted by atomic mass is 9.88. The van der Waals surface area contributed by atoms with Crippen molar-refractivity contribution < 1.29 is 9.53 Å². The quantitative estimate of drug-likeness (QED) is 0.918. The first-order chi connectivity index (χ1) is 11.3. The molecule has 1 saturated carbocycles. The molecule has 4 nitrogen and oxygen atoms in total. The van der Waals surface area contributed by atoms with Crippen molar-refractivity contribution in [2.45, 2.75) is 51.0 Å². The fourth-order valence-electron chi connectivity index (χ4n) is 3.73. The highest BCUT2D eigenvalue weighted by Gasteiger charge is 2.22. The van der Waals surface area contributed by atoms with Gasteiger partial charge < -0.3 is 15.0 Å². The van der Waals surface area contributed by atoms with Gasteiger partial charge in [-0.05, 0) is 49.9 Å². The molecule has 0 spiro atoms. The lowest BCUT2D eigenvalue weighted by Crippen LogP contribution is -2.39. The largest absolute Gasteiger partial charge is 0.380 e. The van der Waals surface area contributed by atoms with Crippen LogP contribution in [0.25, 0.3) is 0 Å².